The Hall–Kier alpha value is -2.26. The molecule has 0 radical (unpaired) electrons. The third-order valence-electron chi connectivity index (χ3n) is 3.42. The molecule has 0 unspecified atom stereocenters. The molecule has 0 saturated heterocycles. The lowest BCUT2D eigenvalue weighted by molar-refractivity contribution is -0.153. The highest BCUT2D eigenvalue weighted by Gasteiger charge is 2.28. The van der Waals surface area contributed by atoms with Gasteiger partial charge in [-0.3, -0.25) is 4.79 Å². The maximum Gasteiger partial charge on any atom is 0.422 e. The zero-order chi connectivity index (χ0) is 19.3. The van der Waals surface area contributed by atoms with Crippen LogP contribution in [0.3, 0.4) is 0 Å². The minimum atomic E-state index is -4.37. The monoisotopic (exact) mass is 412 g/mol. The van der Waals surface area contributed by atoms with Crippen molar-refractivity contribution in [1.82, 2.24) is 10.3 Å². The molecule has 1 amide bonds. The van der Waals surface area contributed by atoms with Gasteiger partial charge in [-0.15, -0.1) is 11.3 Å². The van der Waals surface area contributed by atoms with Crippen LogP contribution in [0.15, 0.2) is 52.9 Å². The van der Waals surface area contributed by atoms with Crippen LogP contribution in [0.2, 0.25) is 0 Å². The second-order valence-electron chi connectivity index (χ2n) is 5.56. The van der Waals surface area contributed by atoms with Crippen molar-refractivity contribution in [2.24, 2.45) is 0 Å². The number of thioether (sulfide) groups is 1. The number of fused-ring (bicyclic) bond motifs is 1. The maximum absolute atomic E-state index is 12.1. The molecule has 0 atom stereocenters. The molecule has 9 heteroatoms. The Labute approximate surface area is 161 Å². The summed E-state index contributed by atoms with van der Waals surface area (Å²) in [6, 6.07) is 13.9. The summed E-state index contributed by atoms with van der Waals surface area (Å²) in [4.78, 5) is 16.4. The van der Waals surface area contributed by atoms with E-state index in [1.54, 1.807) is 12.1 Å². The number of carbonyl (C=O) groups is 1. The van der Waals surface area contributed by atoms with Crippen LogP contribution in [0, 0.1) is 0 Å². The first-order valence-electron chi connectivity index (χ1n) is 7.93. The molecule has 142 valence electrons. The Morgan fingerprint density at radius 1 is 1.15 bits per heavy atom. The second kappa shape index (κ2) is 8.62. The molecular formula is C18H15F3N2O2S2. The zero-order valence-corrected chi connectivity index (χ0v) is 15.6. The van der Waals surface area contributed by atoms with E-state index in [0.29, 0.717) is 6.54 Å². The number of carbonyl (C=O) groups excluding carboxylic acids is 1. The molecule has 27 heavy (non-hydrogen) atoms. The van der Waals surface area contributed by atoms with Crippen LogP contribution in [-0.4, -0.2) is 29.4 Å². The van der Waals surface area contributed by atoms with E-state index in [-0.39, 0.29) is 17.4 Å². The number of nitrogens with one attached hydrogen (secondary N) is 1. The number of hydrogen-bond donors (Lipinski definition) is 1. The Balaban J connectivity index is 1.43. The number of nitrogens with zero attached hydrogens (tertiary/aromatic N) is 1. The van der Waals surface area contributed by atoms with Crippen LogP contribution in [0.5, 0.6) is 5.75 Å². The first-order valence-corrected chi connectivity index (χ1v) is 9.73. The minimum Gasteiger partial charge on any atom is -0.484 e. The van der Waals surface area contributed by atoms with E-state index in [4.69, 9.17) is 0 Å². The van der Waals surface area contributed by atoms with Crippen LogP contribution in [0.1, 0.15) is 5.56 Å². The summed E-state index contributed by atoms with van der Waals surface area (Å²) in [5.74, 6) is 0.234. The molecule has 1 N–H and O–H groups in total. The number of hydrogen-bond acceptors (Lipinski definition) is 5. The fraction of sp³-hybridized carbons (Fsp3) is 0.222. The third kappa shape index (κ3) is 6.14. The first kappa shape index (κ1) is 19.5. The van der Waals surface area contributed by atoms with Gasteiger partial charge in [-0.2, -0.15) is 13.2 Å². The van der Waals surface area contributed by atoms with E-state index < -0.39 is 12.8 Å². The number of rotatable bonds is 7. The molecule has 0 spiro atoms. The first-order chi connectivity index (χ1) is 12.9. The predicted octanol–water partition coefficient (Wildman–Crippen LogP) is 4.65. The summed E-state index contributed by atoms with van der Waals surface area (Å²) in [7, 11) is 0. The van der Waals surface area contributed by atoms with Gasteiger partial charge in [0, 0.05) is 6.54 Å². The summed E-state index contributed by atoms with van der Waals surface area (Å²) < 4.78 is 42.9. The third-order valence-corrected chi connectivity index (χ3v) is 5.60. The molecule has 2 aromatic carbocycles. The van der Waals surface area contributed by atoms with E-state index in [9.17, 15) is 18.0 Å². The molecule has 0 saturated carbocycles. The van der Waals surface area contributed by atoms with Crippen LogP contribution in [0.4, 0.5) is 13.2 Å². The summed E-state index contributed by atoms with van der Waals surface area (Å²) in [5, 5.41) is 2.77. The average Bonchev–Trinajstić information content (AvgIpc) is 3.06. The predicted molar refractivity (Wildman–Crippen MR) is 100 cm³/mol. The van der Waals surface area contributed by atoms with Gasteiger partial charge in [0.05, 0.1) is 16.0 Å². The molecule has 0 aliphatic heterocycles. The van der Waals surface area contributed by atoms with Crippen LogP contribution in [0.25, 0.3) is 10.2 Å². The number of aromatic nitrogens is 1. The topological polar surface area (TPSA) is 51.2 Å². The van der Waals surface area contributed by atoms with Crippen molar-refractivity contribution < 1.29 is 22.7 Å². The van der Waals surface area contributed by atoms with Crippen molar-refractivity contribution in [1.29, 1.82) is 0 Å². The van der Waals surface area contributed by atoms with E-state index in [1.807, 2.05) is 24.3 Å². The Bertz CT molecular complexity index is 878. The van der Waals surface area contributed by atoms with E-state index in [2.05, 4.69) is 15.0 Å². The lowest BCUT2D eigenvalue weighted by Gasteiger charge is -2.10. The molecule has 0 aliphatic carbocycles. The normalized spacial score (nSPS) is 11.5. The maximum atomic E-state index is 12.1. The number of halogens is 3. The second-order valence-corrected chi connectivity index (χ2v) is 7.81. The van der Waals surface area contributed by atoms with Gasteiger partial charge < -0.3 is 10.1 Å². The lowest BCUT2D eigenvalue weighted by Crippen LogP contribution is -2.24. The highest BCUT2D eigenvalue weighted by atomic mass is 32.2. The number of thiazole rings is 1. The van der Waals surface area contributed by atoms with Crippen molar-refractivity contribution in [2.45, 2.75) is 17.1 Å². The molecule has 3 aromatic rings. The number of benzene rings is 2. The molecule has 1 aromatic heterocycles. The Morgan fingerprint density at radius 2 is 1.89 bits per heavy atom. The van der Waals surface area contributed by atoms with E-state index in [1.165, 1.54) is 35.2 Å². The van der Waals surface area contributed by atoms with Crippen molar-refractivity contribution >= 4 is 39.2 Å². The Morgan fingerprint density at radius 3 is 2.59 bits per heavy atom. The van der Waals surface area contributed by atoms with Gasteiger partial charge in [-0.1, -0.05) is 36.0 Å². The summed E-state index contributed by atoms with van der Waals surface area (Å²) >= 11 is 2.91. The molecule has 0 fully saturated rings. The van der Waals surface area contributed by atoms with Gasteiger partial charge in [-0.05, 0) is 29.8 Å². The van der Waals surface area contributed by atoms with Gasteiger partial charge in [0.2, 0.25) is 5.91 Å². The smallest absolute Gasteiger partial charge is 0.422 e. The van der Waals surface area contributed by atoms with E-state index in [0.717, 1.165) is 20.1 Å². The average molecular weight is 412 g/mol. The summed E-state index contributed by atoms with van der Waals surface area (Å²) in [6.07, 6.45) is -4.37. The quantitative estimate of drug-likeness (QED) is 0.574. The van der Waals surface area contributed by atoms with E-state index >= 15 is 0 Å². The fourth-order valence-corrected chi connectivity index (χ4v) is 4.06. The largest absolute Gasteiger partial charge is 0.484 e. The highest BCUT2D eigenvalue weighted by molar-refractivity contribution is 8.01. The van der Waals surface area contributed by atoms with Gasteiger partial charge >= 0.3 is 6.18 Å². The summed E-state index contributed by atoms with van der Waals surface area (Å²) in [5.41, 5.74) is 1.69. The van der Waals surface area contributed by atoms with Crippen molar-refractivity contribution in [3.8, 4) is 5.75 Å². The van der Waals surface area contributed by atoms with Gasteiger partial charge in [0.1, 0.15) is 5.75 Å². The van der Waals surface area contributed by atoms with Crippen LogP contribution >= 0.6 is 23.1 Å². The highest BCUT2D eigenvalue weighted by Crippen LogP contribution is 2.29. The van der Waals surface area contributed by atoms with Crippen LogP contribution < -0.4 is 10.1 Å². The van der Waals surface area contributed by atoms with Gasteiger partial charge in [0.15, 0.2) is 10.9 Å². The number of alkyl halides is 3. The van der Waals surface area contributed by atoms with Crippen LogP contribution in [-0.2, 0) is 11.3 Å². The SMILES string of the molecule is O=C(CSc1nc2ccccc2s1)NCc1ccc(OCC(F)(F)F)cc1. The molecule has 0 aliphatic rings. The minimum absolute atomic E-state index is 0.133. The molecule has 1 heterocycles. The van der Waals surface area contributed by atoms with Gasteiger partial charge in [0.25, 0.3) is 0 Å². The Kier molecular flexibility index (Phi) is 6.22. The van der Waals surface area contributed by atoms with Gasteiger partial charge in [-0.25, -0.2) is 4.98 Å². The number of amides is 1. The lowest BCUT2D eigenvalue weighted by atomic mass is 10.2. The molecule has 0 bridgehead atoms. The molecule has 4 nitrogen and oxygen atoms in total. The molecule has 3 rings (SSSR count). The van der Waals surface area contributed by atoms with Crippen molar-refractivity contribution in [3.63, 3.8) is 0 Å². The standard InChI is InChI=1S/C18H15F3N2O2S2/c19-18(20,21)11-25-13-7-5-12(6-8-13)9-22-16(24)10-26-17-23-14-3-1-2-4-15(14)27-17/h1-8H,9-11H2,(H,22,24). The molecular weight excluding hydrogens is 397 g/mol. The number of ether oxygens (including phenoxy) is 1. The fourth-order valence-electron chi connectivity index (χ4n) is 2.16. The summed E-state index contributed by atoms with van der Waals surface area (Å²) in [6.45, 7) is -1.04. The number of para-hydroxylation sites is 1. The van der Waals surface area contributed by atoms with Crippen molar-refractivity contribution in [2.75, 3.05) is 12.4 Å². The van der Waals surface area contributed by atoms with Crippen molar-refractivity contribution in [3.05, 3.63) is 54.1 Å². The zero-order valence-electron chi connectivity index (χ0n) is 14.0.